The first-order chi connectivity index (χ1) is 12.5. The van der Waals surface area contributed by atoms with Gasteiger partial charge in [-0.15, -0.1) is 0 Å². The number of hydrogen-bond acceptors (Lipinski definition) is 4. The molecule has 2 heterocycles. The summed E-state index contributed by atoms with van der Waals surface area (Å²) in [5, 5.41) is 7.83. The predicted octanol–water partition coefficient (Wildman–Crippen LogP) is 3.76. The van der Waals surface area contributed by atoms with Gasteiger partial charge in [-0.3, -0.25) is 0 Å². The van der Waals surface area contributed by atoms with E-state index in [9.17, 15) is 4.79 Å². The van der Waals surface area contributed by atoms with Gasteiger partial charge in [0.25, 0.3) is 0 Å². The van der Waals surface area contributed by atoms with Gasteiger partial charge in [0.15, 0.2) is 0 Å². The second kappa shape index (κ2) is 7.99. The maximum absolute atomic E-state index is 12.6. The predicted molar refractivity (Wildman–Crippen MR) is 103 cm³/mol. The van der Waals surface area contributed by atoms with Gasteiger partial charge < -0.3 is 19.6 Å². The molecule has 26 heavy (non-hydrogen) atoms. The number of nitrogens with one attached hydrogen (secondary N) is 1. The zero-order valence-electron chi connectivity index (χ0n) is 15.5. The van der Waals surface area contributed by atoms with Crippen molar-refractivity contribution in [3.8, 4) is 0 Å². The number of urea groups is 1. The first kappa shape index (κ1) is 18.6. The van der Waals surface area contributed by atoms with Crippen molar-refractivity contribution < 1.29 is 9.32 Å². The van der Waals surface area contributed by atoms with Crippen LogP contribution in [-0.2, 0) is 6.54 Å². The Morgan fingerprint density at radius 3 is 2.88 bits per heavy atom. The Labute approximate surface area is 159 Å². The van der Waals surface area contributed by atoms with E-state index in [4.69, 9.17) is 16.1 Å². The molecule has 0 bridgehead atoms. The average Bonchev–Trinajstić information content (AvgIpc) is 2.94. The largest absolute Gasteiger partial charge is 0.368 e. The molecule has 1 aliphatic heterocycles. The van der Waals surface area contributed by atoms with E-state index >= 15 is 0 Å². The minimum atomic E-state index is -0.0870. The maximum atomic E-state index is 12.6. The average molecular weight is 377 g/mol. The number of anilines is 1. The van der Waals surface area contributed by atoms with Crippen LogP contribution in [0.25, 0.3) is 0 Å². The molecule has 1 aliphatic rings. The van der Waals surface area contributed by atoms with Crippen LogP contribution in [0.3, 0.4) is 0 Å². The molecule has 0 radical (unpaired) electrons. The lowest BCUT2D eigenvalue weighted by atomic mass is 10.0. The Hall–Kier alpha value is -2.21. The molecule has 2 amide bonds. The summed E-state index contributed by atoms with van der Waals surface area (Å²) < 4.78 is 5.17. The fraction of sp³-hybridized carbons (Fsp3) is 0.474. The lowest BCUT2D eigenvalue weighted by Crippen LogP contribution is -2.50. The SMILES string of the molecule is Cc1noc(C)c1CN(C)C(=O)NC1CCCN(c2ccccc2Cl)C1. The quantitative estimate of drug-likeness (QED) is 0.882. The molecule has 7 heteroatoms. The monoisotopic (exact) mass is 376 g/mol. The smallest absolute Gasteiger partial charge is 0.317 e. The molecule has 0 saturated carbocycles. The van der Waals surface area contributed by atoms with Crippen LogP contribution in [-0.4, -0.2) is 42.3 Å². The zero-order chi connectivity index (χ0) is 18.7. The normalized spacial score (nSPS) is 17.2. The van der Waals surface area contributed by atoms with Crippen molar-refractivity contribution >= 4 is 23.3 Å². The number of nitrogens with zero attached hydrogens (tertiary/aromatic N) is 3. The maximum Gasteiger partial charge on any atom is 0.317 e. The standard InChI is InChI=1S/C19H25ClN4O2/c1-13-16(14(2)26-22-13)12-23(3)19(25)21-15-7-6-10-24(11-15)18-9-5-4-8-17(18)20/h4-5,8-9,15H,6-7,10-12H2,1-3H3,(H,21,25). The zero-order valence-corrected chi connectivity index (χ0v) is 16.2. The van der Waals surface area contributed by atoms with Crippen molar-refractivity contribution in [2.75, 3.05) is 25.0 Å². The van der Waals surface area contributed by atoms with E-state index in [0.29, 0.717) is 6.54 Å². The van der Waals surface area contributed by atoms with E-state index in [1.165, 1.54) is 0 Å². The summed E-state index contributed by atoms with van der Waals surface area (Å²) in [6.45, 7) is 5.94. The van der Waals surface area contributed by atoms with Crippen molar-refractivity contribution in [3.05, 3.63) is 46.3 Å². The van der Waals surface area contributed by atoms with Gasteiger partial charge in [-0.1, -0.05) is 28.9 Å². The van der Waals surface area contributed by atoms with E-state index in [1.54, 1.807) is 11.9 Å². The Kier molecular flexibility index (Phi) is 5.71. The van der Waals surface area contributed by atoms with Crippen LogP contribution < -0.4 is 10.2 Å². The molecule has 6 nitrogen and oxygen atoms in total. The van der Waals surface area contributed by atoms with Crippen LogP contribution in [0.1, 0.15) is 29.9 Å². The van der Waals surface area contributed by atoms with Crippen molar-refractivity contribution in [1.82, 2.24) is 15.4 Å². The number of rotatable bonds is 4. The molecule has 1 atom stereocenters. The summed E-state index contributed by atoms with van der Waals surface area (Å²) in [4.78, 5) is 16.5. The minimum Gasteiger partial charge on any atom is -0.368 e. The number of hydrogen-bond donors (Lipinski definition) is 1. The number of benzene rings is 1. The molecule has 1 aromatic heterocycles. The summed E-state index contributed by atoms with van der Waals surface area (Å²) in [5.74, 6) is 0.754. The van der Waals surface area contributed by atoms with Gasteiger partial charge in [0, 0.05) is 31.7 Å². The van der Waals surface area contributed by atoms with Crippen LogP contribution >= 0.6 is 11.6 Å². The fourth-order valence-electron chi connectivity index (χ4n) is 3.34. The van der Waals surface area contributed by atoms with Crippen molar-refractivity contribution in [1.29, 1.82) is 0 Å². The van der Waals surface area contributed by atoms with Gasteiger partial charge in [-0.25, -0.2) is 4.79 Å². The number of para-hydroxylation sites is 1. The molecule has 0 aliphatic carbocycles. The highest BCUT2D eigenvalue weighted by molar-refractivity contribution is 6.33. The van der Waals surface area contributed by atoms with Gasteiger partial charge in [-0.05, 0) is 38.8 Å². The number of carbonyl (C=O) groups excluding carboxylic acids is 1. The summed E-state index contributed by atoms with van der Waals surface area (Å²) in [7, 11) is 1.79. The highest BCUT2D eigenvalue weighted by Gasteiger charge is 2.24. The third-order valence-electron chi connectivity index (χ3n) is 4.87. The molecule has 1 aromatic carbocycles. The fourth-order valence-corrected chi connectivity index (χ4v) is 3.60. The number of aryl methyl sites for hydroxylation is 2. The third kappa shape index (κ3) is 4.12. The second-order valence-electron chi connectivity index (χ2n) is 6.84. The Morgan fingerprint density at radius 2 is 2.19 bits per heavy atom. The Morgan fingerprint density at radius 1 is 1.42 bits per heavy atom. The summed E-state index contributed by atoms with van der Waals surface area (Å²) in [5.41, 5.74) is 2.81. The first-order valence-corrected chi connectivity index (χ1v) is 9.26. The van der Waals surface area contributed by atoms with Crippen molar-refractivity contribution in [2.24, 2.45) is 0 Å². The summed E-state index contributed by atoms with van der Waals surface area (Å²) in [6.07, 6.45) is 1.98. The van der Waals surface area contributed by atoms with Crippen LogP contribution in [0.5, 0.6) is 0 Å². The molecule has 140 valence electrons. The number of aromatic nitrogens is 1. The van der Waals surface area contributed by atoms with Gasteiger partial charge in [-0.2, -0.15) is 0 Å². The van der Waals surface area contributed by atoms with Crippen molar-refractivity contribution in [2.45, 2.75) is 39.3 Å². The molecule has 1 saturated heterocycles. The number of amides is 2. The molecule has 2 aromatic rings. The van der Waals surface area contributed by atoms with Crippen molar-refractivity contribution in [3.63, 3.8) is 0 Å². The molecule has 1 unspecified atom stereocenters. The molecule has 1 N–H and O–H groups in total. The van der Waals surface area contributed by atoms with E-state index < -0.39 is 0 Å². The van der Waals surface area contributed by atoms with Crippen LogP contribution in [0.2, 0.25) is 5.02 Å². The highest BCUT2D eigenvalue weighted by Crippen LogP contribution is 2.27. The molecule has 3 rings (SSSR count). The van der Waals surface area contributed by atoms with Crippen LogP contribution in [0.4, 0.5) is 10.5 Å². The van der Waals surface area contributed by atoms with Gasteiger partial charge in [0.2, 0.25) is 0 Å². The molecular weight excluding hydrogens is 352 g/mol. The van der Waals surface area contributed by atoms with Crippen LogP contribution in [0.15, 0.2) is 28.8 Å². The van der Waals surface area contributed by atoms with Gasteiger partial charge in [0.05, 0.1) is 22.9 Å². The molecule has 1 fully saturated rings. The lowest BCUT2D eigenvalue weighted by Gasteiger charge is -2.35. The van der Waals surface area contributed by atoms with Crippen LogP contribution in [0, 0.1) is 13.8 Å². The van der Waals surface area contributed by atoms with E-state index in [1.807, 2.05) is 38.1 Å². The summed E-state index contributed by atoms with van der Waals surface area (Å²) >= 11 is 6.32. The molecule has 0 spiro atoms. The Bertz CT molecular complexity index is 757. The van der Waals surface area contributed by atoms with Gasteiger partial charge >= 0.3 is 6.03 Å². The number of halogens is 1. The number of carbonyl (C=O) groups is 1. The van der Waals surface area contributed by atoms with Gasteiger partial charge in [0.1, 0.15) is 5.76 Å². The Balaban J connectivity index is 1.59. The minimum absolute atomic E-state index is 0.0870. The number of piperidine rings is 1. The summed E-state index contributed by atoms with van der Waals surface area (Å²) in [6, 6.07) is 7.85. The highest BCUT2D eigenvalue weighted by atomic mass is 35.5. The van der Waals surface area contributed by atoms with E-state index in [-0.39, 0.29) is 12.1 Å². The first-order valence-electron chi connectivity index (χ1n) is 8.88. The second-order valence-corrected chi connectivity index (χ2v) is 7.25. The third-order valence-corrected chi connectivity index (χ3v) is 5.18. The van der Waals surface area contributed by atoms with E-state index in [0.717, 1.165) is 53.7 Å². The van der Waals surface area contributed by atoms with E-state index in [2.05, 4.69) is 15.4 Å². The topological polar surface area (TPSA) is 61.6 Å². The molecular formula is C19H25ClN4O2. The lowest BCUT2D eigenvalue weighted by molar-refractivity contribution is 0.200.